The fraction of sp³-hybridized carbons (Fsp3) is 0.381. The third kappa shape index (κ3) is 6.93. The van der Waals surface area contributed by atoms with Crippen LogP contribution >= 0.6 is 11.3 Å². The van der Waals surface area contributed by atoms with Crippen LogP contribution in [0.3, 0.4) is 0 Å². The quantitative estimate of drug-likeness (QED) is 0.465. The summed E-state index contributed by atoms with van der Waals surface area (Å²) >= 11 is 1.13. The lowest BCUT2D eigenvalue weighted by Gasteiger charge is -2.18. The summed E-state index contributed by atoms with van der Waals surface area (Å²) in [5.74, 6) is -1.17. The van der Waals surface area contributed by atoms with Crippen LogP contribution < -0.4 is 14.4 Å². The molecule has 1 N–H and O–H groups in total. The fourth-order valence-corrected chi connectivity index (χ4v) is 5.03. The summed E-state index contributed by atoms with van der Waals surface area (Å²) in [4.78, 5) is 36.8. The minimum absolute atomic E-state index is 0.105. The number of rotatable bonds is 11. The summed E-state index contributed by atoms with van der Waals surface area (Å²) in [6, 6.07) is 9.56. The van der Waals surface area contributed by atoms with E-state index in [4.69, 9.17) is 9.47 Å². The van der Waals surface area contributed by atoms with E-state index in [1.165, 1.54) is 37.2 Å². The van der Waals surface area contributed by atoms with Crippen LogP contribution in [0.2, 0.25) is 0 Å². The molecule has 1 aromatic carbocycles. The van der Waals surface area contributed by atoms with Gasteiger partial charge in [-0.15, -0.1) is 11.3 Å². The molecule has 0 unspecified atom stereocenters. The van der Waals surface area contributed by atoms with E-state index in [9.17, 15) is 22.8 Å². The van der Waals surface area contributed by atoms with Crippen molar-refractivity contribution in [2.45, 2.75) is 23.1 Å². The van der Waals surface area contributed by atoms with Gasteiger partial charge >= 0.3 is 5.97 Å². The van der Waals surface area contributed by atoms with Crippen molar-refractivity contribution in [3.8, 4) is 5.75 Å². The Hall–Kier alpha value is -3.12. The molecule has 1 heterocycles. The normalized spacial score (nSPS) is 13.2. The van der Waals surface area contributed by atoms with Gasteiger partial charge in [0.05, 0.1) is 12.2 Å². The number of hydrogen-bond donors (Lipinski definition) is 1. The Morgan fingerprint density at radius 3 is 2.39 bits per heavy atom. The number of carbonyl (C=O) groups excluding carboxylic acids is 3. The Bertz CT molecular complexity index is 1080. The van der Waals surface area contributed by atoms with Gasteiger partial charge in [0.25, 0.3) is 15.9 Å². The highest BCUT2D eigenvalue weighted by molar-refractivity contribution is 7.94. The minimum atomic E-state index is -3.64. The number of ether oxygens (including phenoxy) is 2. The molecule has 178 valence electrons. The van der Waals surface area contributed by atoms with Crippen LogP contribution in [0.25, 0.3) is 0 Å². The number of amides is 2. The first-order valence-corrected chi connectivity index (χ1v) is 12.4. The highest BCUT2D eigenvalue weighted by Crippen LogP contribution is 2.26. The van der Waals surface area contributed by atoms with Crippen molar-refractivity contribution in [1.29, 1.82) is 0 Å². The SMILES string of the molecule is CN(CC(=O)NC1CC1)C(=O)COC(=O)COc1ccc(N(C)S(=O)(=O)c2cccs2)cc1. The average Bonchev–Trinajstić information content (AvgIpc) is 3.41. The molecule has 1 aliphatic carbocycles. The van der Waals surface area contributed by atoms with Gasteiger partial charge < -0.3 is 19.7 Å². The maximum Gasteiger partial charge on any atom is 0.344 e. The lowest BCUT2D eigenvalue weighted by molar-refractivity contribution is -0.153. The summed E-state index contributed by atoms with van der Waals surface area (Å²) in [6.45, 7) is -1.03. The molecule has 33 heavy (non-hydrogen) atoms. The Morgan fingerprint density at radius 1 is 1.09 bits per heavy atom. The third-order valence-electron chi connectivity index (χ3n) is 4.77. The first-order valence-electron chi connectivity index (χ1n) is 10.1. The second kappa shape index (κ2) is 10.7. The number of benzene rings is 1. The van der Waals surface area contributed by atoms with Crippen LogP contribution in [0.15, 0.2) is 46.0 Å². The van der Waals surface area contributed by atoms with Crippen LogP contribution in [0.5, 0.6) is 5.75 Å². The predicted molar refractivity (Wildman–Crippen MR) is 122 cm³/mol. The average molecular weight is 496 g/mol. The van der Waals surface area contributed by atoms with E-state index in [0.29, 0.717) is 11.4 Å². The van der Waals surface area contributed by atoms with Crippen molar-refractivity contribution in [1.82, 2.24) is 10.2 Å². The van der Waals surface area contributed by atoms with Crippen molar-refractivity contribution in [2.75, 3.05) is 38.2 Å². The lowest BCUT2D eigenvalue weighted by Crippen LogP contribution is -2.40. The van der Waals surface area contributed by atoms with Gasteiger partial charge in [0.1, 0.15) is 9.96 Å². The summed E-state index contributed by atoms with van der Waals surface area (Å²) < 4.78 is 36.8. The molecule has 0 aliphatic heterocycles. The smallest absolute Gasteiger partial charge is 0.344 e. The van der Waals surface area contributed by atoms with Gasteiger partial charge in [0.15, 0.2) is 13.2 Å². The Kier molecular flexibility index (Phi) is 7.92. The van der Waals surface area contributed by atoms with Crippen molar-refractivity contribution in [3.63, 3.8) is 0 Å². The number of nitrogens with one attached hydrogen (secondary N) is 1. The number of anilines is 1. The molecule has 0 saturated heterocycles. The van der Waals surface area contributed by atoms with Gasteiger partial charge in [-0.25, -0.2) is 13.2 Å². The minimum Gasteiger partial charge on any atom is -0.482 e. The number of nitrogens with zero attached hydrogens (tertiary/aromatic N) is 2. The molecule has 0 atom stereocenters. The molecule has 1 aromatic heterocycles. The van der Waals surface area contributed by atoms with E-state index in [0.717, 1.165) is 28.5 Å². The van der Waals surface area contributed by atoms with Gasteiger partial charge in [0, 0.05) is 20.1 Å². The van der Waals surface area contributed by atoms with Gasteiger partial charge in [-0.3, -0.25) is 13.9 Å². The largest absolute Gasteiger partial charge is 0.482 e. The van der Waals surface area contributed by atoms with Crippen molar-refractivity contribution in [2.24, 2.45) is 0 Å². The number of hydrogen-bond acceptors (Lipinski definition) is 8. The summed E-state index contributed by atoms with van der Waals surface area (Å²) in [7, 11) is -0.740. The topological polar surface area (TPSA) is 122 Å². The molecule has 3 rings (SSSR count). The zero-order chi connectivity index (χ0) is 24.0. The number of thiophene rings is 1. The van der Waals surface area contributed by atoms with Gasteiger partial charge in [0.2, 0.25) is 5.91 Å². The second-order valence-electron chi connectivity index (χ2n) is 7.44. The maximum absolute atomic E-state index is 12.6. The Labute approximate surface area is 196 Å². The van der Waals surface area contributed by atoms with Crippen LogP contribution in [0.4, 0.5) is 5.69 Å². The third-order valence-corrected chi connectivity index (χ3v) is 7.93. The first-order chi connectivity index (χ1) is 15.7. The molecule has 1 aliphatic rings. The van der Waals surface area contributed by atoms with Crippen LogP contribution in [-0.2, 0) is 29.1 Å². The fourth-order valence-electron chi connectivity index (χ4n) is 2.68. The molecule has 10 nitrogen and oxygen atoms in total. The number of likely N-dealkylation sites (N-methyl/N-ethyl adjacent to an activating group) is 1. The van der Waals surface area contributed by atoms with E-state index < -0.39 is 35.1 Å². The molecule has 2 amide bonds. The van der Waals surface area contributed by atoms with Gasteiger partial charge in [-0.2, -0.15) is 0 Å². The molecule has 0 radical (unpaired) electrons. The Morgan fingerprint density at radius 2 is 1.79 bits per heavy atom. The summed E-state index contributed by atoms with van der Waals surface area (Å²) in [5.41, 5.74) is 0.428. The van der Waals surface area contributed by atoms with Crippen molar-refractivity contribution < 1.29 is 32.3 Å². The maximum atomic E-state index is 12.6. The standard InChI is InChI=1S/C21H25N3O7S2/c1-23(12-18(25)22-15-5-6-15)19(26)13-31-20(27)14-30-17-9-7-16(8-10-17)24(2)33(28,29)21-4-3-11-32-21/h3-4,7-11,15H,5-6,12-14H2,1-2H3,(H,22,25). The van der Waals surface area contributed by atoms with Crippen LogP contribution in [-0.4, -0.2) is 71.0 Å². The van der Waals surface area contributed by atoms with E-state index >= 15 is 0 Å². The number of carbonyl (C=O) groups is 3. The van der Waals surface area contributed by atoms with E-state index in [2.05, 4.69) is 5.32 Å². The molecular weight excluding hydrogens is 470 g/mol. The number of sulfonamides is 1. The molecule has 1 saturated carbocycles. The van der Waals surface area contributed by atoms with E-state index in [1.807, 2.05) is 0 Å². The van der Waals surface area contributed by atoms with E-state index in [-0.39, 0.29) is 22.7 Å². The van der Waals surface area contributed by atoms with E-state index in [1.54, 1.807) is 23.6 Å². The zero-order valence-electron chi connectivity index (χ0n) is 18.2. The molecular formula is C21H25N3O7S2. The predicted octanol–water partition coefficient (Wildman–Crippen LogP) is 1.23. The molecule has 0 bridgehead atoms. The molecule has 2 aromatic rings. The highest BCUT2D eigenvalue weighted by atomic mass is 32.2. The zero-order valence-corrected chi connectivity index (χ0v) is 19.9. The van der Waals surface area contributed by atoms with Crippen molar-refractivity contribution in [3.05, 3.63) is 41.8 Å². The van der Waals surface area contributed by atoms with Crippen LogP contribution in [0.1, 0.15) is 12.8 Å². The monoisotopic (exact) mass is 495 g/mol. The first kappa shape index (κ1) is 24.5. The highest BCUT2D eigenvalue weighted by Gasteiger charge is 2.25. The van der Waals surface area contributed by atoms with Gasteiger partial charge in [-0.1, -0.05) is 6.07 Å². The molecule has 1 fully saturated rings. The lowest BCUT2D eigenvalue weighted by atomic mass is 10.3. The summed E-state index contributed by atoms with van der Waals surface area (Å²) in [6.07, 6.45) is 1.91. The van der Waals surface area contributed by atoms with Gasteiger partial charge in [-0.05, 0) is 48.6 Å². The number of esters is 1. The molecule has 12 heteroatoms. The summed E-state index contributed by atoms with van der Waals surface area (Å²) in [5, 5.41) is 4.46. The van der Waals surface area contributed by atoms with Crippen LogP contribution in [0, 0.1) is 0 Å². The second-order valence-corrected chi connectivity index (χ2v) is 10.6. The Balaban J connectivity index is 1.41. The van der Waals surface area contributed by atoms with Crippen molar-refractivity contribution >= 4 is 44.8 Å². The molecule has 0 spiro atoms.